The summed E-state index contributed by atoms with van der Waals surface area (Å²) in [6, 6.07) is 0. The predicted octanol–water partition coefficient (Wildman–Crippen LogP) is -2.43. The third-order valence-corrected chi connectivity index (χ3v) is 1.14. The molecule has 0 aliphatic rings. The number of hydrogen-bond acceptors (Lipinski definition) is 3. The van der Waals surface area contributed by atoms with Crippen molar-refractivity contribution < 1.29 is 29.6 Å². The summed E-state index contributed by atoms with van der Waals surface area (Å²) in [6.45, 7) is 0. The van der Waals surface area contributed by atoms with E-state index in [0.29, 0.717) is 4.32 Å². The van der Waals surface area contributed by atoms with Crippen LogP contribution in [0.4, 0.5) is 0 Å². The molecular formula is C4H3N2NaS2. The molecule has 0 unspecified atom stereocenters. The van der Waals surface area contributed by atoms with E-state index in [-0.39, 0.29) is 29.6 Å². The van der Waals surface area contributed by atoms with Gasteiger partial charge in [0.2, 0.25) is 0 Å². The average molecular weight is 166 g/mol. The number of hydrogen-bond donors (Lipinski definition) is 0. The number of aromatic nitrogens is 2. The van der Waals surface area contributed by atoms with Crippen molar-refractivity contribution in [3.05, 3.63) is 18.7 Å². The molecule has 5 heteroatoms. The van der Waals surface area contributed by atoms with E-state index in [9.17, 15) is 0 Å². The molecule has 2 nitrogen and oxygen atoms in total. The van der Waals surface area contributed by atoms with Crippen LogP contribution in [0.5, 0.6) is 0 Å². The summed E-state index contributed by atoms with van der Waals surface area (Å²) >= 11 is 9.31. The standard InChI is InChI=1S/C4H4N2S2.Na/c7-4(8)6-2-1-5-3-6;/h1-3H,(H,7,8);/q;+1/p-1. The van der Waals surface area contributed by atoms with Crippen LogP contribution in [0.3, 0.4) is 0 Å². The molecule has 1 heterocycles. The first-order valence-electron chi connectivity index (χ1n) is 2.00. The van der Waals surface area contributed by atoms with Crippen LogP contribution in [0, 0.1) is 0 Å². The van der Waals surface area contributed by atoms with E-state index in [1.54, 1.807) is 23.3 Å². The van der Waals surface area contributed by atoms with Gasteiger partial charge in [-0.25, -0.2) is 4.98 Å². The smallest absolute Gasteiger partial charge is 0.411 e. The maximum atomic E-state index is 4.65. The molecule has 1 aromatic heterocycles. The van der Waals surface area contributed by atoms with Gasteiger partial charge in [-0.05, 0) is 0 Å². The SMILES string of the molecule is S=C([S-])n1ccnc1.[Na+]. The van der Waals surface area contributed by atoms with Crippen LogP contribution in [0.1, 0.15) is 0 Å². The molecule has 1 aromatic rings. The van der Waals surface area contributed by atoms with Gasteiger partial charge in [0.1, 0.15) is 0 Å². The molecule has 0 fully saturated rings. The monoisotopic (exact) mass is 166 g/mol. The van der Waals surface area contributed by atoms with Gasteiger partial charge in [-0.15, -0.1) is 0 Å². The van der Waals surface area contributed by atoms with Gasteiger partial charge in [-0.2, -0.15) is 0 Å². The first-order chi connectivity index (χ1) is 3.80. The van der Waals surface area contributed by atoms with Crippen LogP contribution in [0.15, 0.2) is 18.7 Å². The van der Waals surface area contributed by atoms with Gasteiger partial charge in [0, 0.05) is 12.4 Å². The van der Waals surface area contributed by atoms with Gasteiger partial charge < -0.3 is 29.4 Å². The van der Waals surface area contributed by atoms with Crippen molar-refractivity contribution in [1.29, 1.82) is 0 Å². The molecule has 0 aliphatic heterocycles. The number of imidazole rings is 1. The molecule has 42 valence electrons. The fraction of sp³-hybridized carbons (Fsp3) is 0. The van der Waals surface area contributed by atoms with E-state index in [4.69, 9.17) is 0 Å². The fourth-order valence-corrected chi connectivity index (χ4v) is 0.583. The minimum absolute atomic E-state index is 0. The van der Waals surface area contributed by atoms with Gasteiger partial charge in [0.05, 0.1) is 6.33 Å². The molecule has 0 N–H and O–H groups in total. The van der Waals surface area contributed by atoms with Gasteiger partial charge >= 0.3 is 29.6 Å². The molecule has 0 saturated heterocycles. The van der Waals surface area contributed by atoms with E-state index < -0.39 is 0 Å². The molecule has 0 bridgehead atoms. The predicted molar refractivity (Wildman–Crippen MR) is 37.6 cm³/mol. The molecule has 0 aromatic carbocycles. The Bertz CT molecular complexity index is 184. The first-order valence-corrected chi connectivity index (χ1v) is 2.81. The zero-order valence-corrected chi connectivity index (χ0v) is 8.58. The maximum Gasteiger partial charge on any atom is 1.00 e. The van der Waals surface area contributed by atoms with Crippen molar-refractivity contribution in [2.24, 2.45) is 0 Å². The normalized spacial score (nSPS) is 8.00. The molecule has 0 atom stereocenters. The first kappa shape index (κ1) is 9.52. The van der Waals surface area contributed by atoms with E-state index in [1.165, 1.54) is 0 Å². The summed E-state index contributed by atoms with van der Waals surface area (Å²) in [7, 11) is 0. The third kappa shape index (κ3) is 2.73. The van der Waals surface area contributed by atoms with E-state index in [1.807, 2.05) is 0 Å². The molecule has 0 saturated carbocycles. The van der Waals surface area contributed by atoms with Crippen LogP contribution in [0.25, 0.3) is 0 Å². The van der Waals surface area contributed by atoms with Crippen LogP contribution in [-0.4, -0.2) is 13.9 Å². The Kier molecular flexibility index (Phi) is 4.61. The minimum atomic E-state index is 0. The van der Waals surface area contributed by atoms with Gasteiger partial charge in [0.25, 0.3) is 0 Å². The molecule has 9 heavy (non-hydrogen) atoms. The Morgan fingerprint density at radius 1 is 1.67 bits per heavy atom. The largest absolute Gasteiger partial charge is 1.00 e. The average Bonchev–Trinajstić information content (AvgIpc) is 2.12. The summed E-state index contributed by atoms with van der Waals surface area (Å²) in [4.78, 5) is 3.75. The summed E-state index contributed by atoms with van der Waals surface area (Å²) in [6.07, 6.45) is 4.93. The fourth-order valence-electron chi connectivity index (χ4n) is 0.367. The minimum Gasteiger partial charge on any atom is -0.411 e. The zero-order chi connectivity index (χ0) is 5.98. The van der Waals surface area contributed by atoms with E-state index >= 15 is 0 Å². The Morgan fingerprint density at radius 3 is 2.56 bits per heavy atom. The summed E-state index contributed by atoms with van der Waals surface area (Å²) in [5, 5.41) is 0. The second-order valence-electron chi connectivity index (χ2n) is 1.24. The number of nitrogens with zero attached hydrogens (tertiary/aromatic N) is 2. The van der Waals surface area contributed by atoms with Gasteiger partial charge in [0.15, 0.2) is 0 Å². The Hall–Kier alpha value is 0.520. The van der Waals surface area contributed by atoms with Crippen LogP contribution < -0.4 is 29.6 Å². The second kappa shape index (κ2) is 4.35. The summed E-state index contributed by atoms with van der Waals surface area (Å²) < 4.78 is 2.01. The van der Waals surface area contributed by atoms with Crippen LogP contribution in [-0.2, 0) is 12.6 Å². The number of thiocarbonyl (C=S) groups is 1. The Balaban J connectivity index is 0.000000640. The van der Waals surface area contributed by atoms with E-state index in [2.05, 4.69) is 29.8 Å². The maximum absolute atomic E-state index is 4.65. The van der Waals surface area contributed by atoms with Crippen molar-refractivity contribution in [2.45, 2.75) is 0 Å². The van der Waals surface area contributed by atoms with Gasteiger partial charge in [-0.3, -0.25) is 0 Å². The third-order valence-electron chi connectivity index (χ3n) is 0.715. The van der Waals surface area contributed by atoms with Crippen molar-refractivity contribution in [2.75, 3.05) is 0 Å². The van der Waals surface area contributed by atoms with Crippen molar-refractivity contribution in [3.8, 4) is 0 Å². The van der Waals surface area contributed by atoms with Crippen molar-refractivity contribution in [3.63, 3.8) is 0 Å². The molecule has 0 amide bonds. The Morgan fingerprint density at radius 2 is 2.33 bits per heavy atom. The second-order valence-corrected chi connectivity index (χ2v) is 2.27. The summed E-state index contributed by atoms with van der Waals surface area (Å²) in [5.41, 5.74) is 0. The molecular weight excluding hydrogens is 163 g/mol. The van der Waals surface area contributed by atoms with Crippen LogP contribution in [0.2, 0.25) is 0 Å². The van der Waals surface area contributed by atoms with Crippen molar-refractivity contribution in [1.82, 2.24) is 9.55 Å². The quantitative estimate of drug-likeness (QED) is 0.242. The Labute approximate surface area is 86.4 Å². The van der Waals surface area contributed by atoms with Gasteiger partial charge in [-0.1, -0.05) is 4.32 Å². The number of rotatable bonds is 0. The molecule has 0 aliphatic carbocycles. The van der Waals surface area contributed by atoms with E-state index in [0.717, 1.165) is 0 Å². The molecule has 0 radical (unpaired) electrons. The molecule has 0 spiro atoms. The topological polar surface area (TPSA) is 17.8 Å². The zero-order valence-electron chi connectivity index (χ0n) is 4.94. The molecule has 1 rings (SSSR count). The van der Waals surface area contributed by atoms with Crippen LogP contribution >= 0.6 is 12.2 Å². The summed E-state index contributed by atoms with van der Waals surface area (Å²) in [5.74, 6) is 0. The van der Waals surface area contributed by atoms with Crippen molar-refractivity contribution >= 4 is 29.2 Å².